The summed E-state index contributed by atoms with van der Waals surface area (Å²) in [5, 5.41) is 3.65. The number of benzene rings is 2. The van der Waals surface area contributed by atoms with Crippen LogP contribution in [0.4, 0.5) is 5.69 Å². The van der Waals surface area contributed by atoms with Gasteiger partial charge in [0.15, 0.2) is 0 Å². The van der Waals surface area contributed by atoms with Crippen LogP contribution in [0.1, 0.15) is 17.0 Å². The van der Waals surface area contributed by atoms with Crippen molar-refractivity contribution in [2.24, 2.45) is 11.7 Å². The zero-order chi connectivity index (χ0) is 17.8. The molecule has 3 rings (SSSR count). The lowest BCUT2D eigenvalue weighted by atomic mass is 9.89. The quantitative estimate of drug-likeness (QED) is 0.863. The monoisotopic (exact) mass is 357 g/mol. The van der Waals surface area contributed by atoms with Crippen LogP contribution in [0.5, 0.6) is 0 Å². The Labute approximate surface area is 154 Å². The highest BCUT2D eigenvalue weighted by molar-refractivity contribution is 6.30. The minimum Gasteiger partial charge on any atom is -0.330 e. The first-order chi connectivity index (χ1) is 12.1. The molecule has 25 heavy (non-hydrogen) atoms. The van der Waals surface area contributed by atoms with Crippen LogP contribution >= 0.6 is 11.6 Å². The summed E-state index contributed by atoms with van der Waals surface area (Å²) in [5.74, 6) is 0.763. The second kappa shape index (κ2) is 8.00. The van der Waals surface area contributed by atoms with E-state index >= 15 is 0 Å². The van der Waals surface area contributed by atoms with Crippen molar-refractivity contribution in [3.8, 4) is 0 Å². The molecule has 5 heteroatoms. The molecule has 0 unspecified atom stereocenters. The number of carbonyl (C=O) groups excluding carboxylic acids is 1. The zero-order valence-electron chi connectivity index (χ0n) is 14.4. The lowest BCUT2D eigenvalue weighted by molar-refractivity contribution is -0.117. The normalized spacial score (nSPS) is 20.6. The van der Waals surface area contributed by atoms with Crippen LogP contribution in [0.25, 0.3) is 0 Å². The van der Waals surface area contributed by atoms with E-state index in [1.807, 2.05) is 25.1 Å². The minimum atomic E-state index is -0.00472. The van der Waals surface area contributed by atoms with Crippen LogP contribution in [0.15, 0.2) is 48.5 Å². The molecule has 0 bridgehead atoms. The molecule has 0 aromatic heterocycles. The third-order valence-electron chi connectivity index (χ3n) is 4.88. The van der Waals surface area contributed by atoms with Crippen LogP contribution in [0, 0.1) is 12.8 Å². The lowest BCUT2D eigenvalue weighted by Crippen LogP contribution is -2.32. The van der Waals surface area contributed by atoms with Crippen molar-refractivity contribution in [3.05, 3.63) is 64.7 Å². The summed E-state index contributed by atoms with van der Waals surface area (Å²) in [6.07, 6.45) is 0. The molecule has 2 aromatic rings. The number of likely N-dealkylation sites (tertiary alicyclic amines) is 1. The Kier molecular flexibility index (Phi) is 5.74. The van der Waals surface area contributed by atoms with Crippen molar-refractivity contribution < 1.29 is 4.79 Å². The fourth-order valence-electron chi connectivity index (χ4n) is 3.57. The Hall–Kier alpha value is -1.88. The molecule has 1 aliphatic heterocycles. The van der Waals surface area contributed by atoms with E-state index in [-0.39, 0.29) is 5.91 Å². The van der Waals surface area contributed by atoms with Crippen molar-refractivity contribution in [2.45, 2.75) is 12.8 Å². The highest BCUT2D eigenvalue weighted by Crippen LogP contribution is 2.31. The summed E-state index contributed by atoms with van der Waals surface area (Å²) >= 11 is 5.96. The van der Waals surface area contributed by atoms with Crippen molar-refractivity contribution in [2.75, 3.05) is 31.5 Å². The summed E-state index contributed by atoms with van der Waals surface area (Å²) in [6, 6.07) is 15.9. The van der Waals surface area contributed by atoms with Gasteiger partial charge in [0.05, 0.1) is 6.54 Å². The van der Waals surface area contributed by atoms with Gasteiger partial charge in [-0.1, -0.05) is 41.9 Å². The van der Waals surface area contributed by atoms with Crippen LogP contribution in [-0.4, -0.2) is 37.0 Å². The fourth-order valence-corrected chi connectivity index (χ4v) is 3.79. The number of carbonyl (C=O) groups is 1. The number of rotatable bonds is 5. The second-order valence-electron chi connectivity index (χ2n) is 6.71. The third-order valence-corrected chi connectivity index (χ3v) is 5.11. The Balaban J connectivity index is 1.62. The van der Waals surface area contributed by atoms with Crippen LogP contribution in [0.3, 0.4) is 0 Å². The third kappa shape index (κ3) is 4.40. The lowest BCUT2D eigenvalue weighted by Gasteiger charge is -2.17. The van der Waals surface area contributed by atoms with Gasteiger partial charge in [0.1, 0.15) is 0 Å². The molecule has 0 aliphatic carbocycles. The Morgan fingerprint density at radius 3 is 2.68 bits per heavy atom. The number of nitrogens with zero attached hydrogens (tertiary/aromatic N) is 1. The molecule has 132 valence electrons. The number of nitrogens with one attached hydrogen (secondary N) is 1. The molecular weight excluding hydrogens is 334 g/mol. The number of anilines is 1. The van der Waals surface area contributed by atoms with Gasteiger partial charge in [-0.05, 0) is 48.7 Å². The van der Waals surface area contributed by atoms with E-state index in [2.05, 4.69) is 34.5 Å². The average molecular weight is 358 g/mol. The average Bonchev–Trinajstić information content (AvgIpc) is 3.01. The topological polar surface area (TPSA) is 58.4 Å². The van der Waals surface area contributed by atoms with Gasteiger partial charge >= 0.3 is 0 Å². The largest absolute Gasteiger partial charge is 0.330 e. The predicted octanol–water partition coefficient (Wildman–Crippen LogP) is 3.26. The van der Waals surface area contributed by atoms with E-state index < -0.39 is 0 Å². The molecule has 0 radical (unpaired) electrons. The SMILES string of the molecule is Cc1cc(Cl)ccc1NC(=O)CN1C[C@@H](CN)[C@H](c2ccccc2)C1. The molecule has 1 fully saturated rings. The van der Waals surface area contributed by atoms with E-state index in [0.29, 0.717) is 29.9 Å². The molecule has 2 atom stereocenters. The Morgan fingerprint density at radius 2 is 2.00 bits per heavy atom. The van der Waals surface area contributed by atoms with Gasteiger partial charge in [0, 0.05) is 29.7 Å². The van der Waals surface area contributed by atoms with E-state index in [0.717, 1.165) is 24.3 Å². The van der Waals surface area contributed by atoms with Gasteiger partial charge in [-0.15, -0.1) is 0 Å². The highest BCUT2D eigenvalue weighted by Gasteiger charge is 2.33. The van der Waals surface area contributed by atoms with Gasteiger partial charge in [0.25, 0.3) is 0 Å². The second-order valence-corrected chi connectivity index (χ2v) is 7.15. The van der Waals surface area contributed by atoms with E-state index in [1.165, 1.54) is 5.56 Å². The molecule has 1 saturated heterocycles. The number of nitrogens with two attached hydrogens (primary N) is 1. The number of amides is 1. The maximum Gasteiger partial charge on any atom is 0.238 e. The fraction of sp³-hybridized carbons (Fsp3) is 0.350. The smallest absolute Gasteiger partial charge is 0.238 e. The van der Waals surface area contributed by atoms with E-state index in [1.54, 1.807) is 6.07 Å². The van der Waals surface area contributed by atoms with Gasteiger partial charge in [-0.2, -0.15) is 0 Å². The number of hydrogen-bond donors (Lipinski definition) is 2. The first kappa shape index (κ1) is 17.9. The molecule has 1 amide bonds. The summed E-state index contributed by atoms with van der Waals surface area (Å²) in [4.78, 5) is 14.6. The first-order valence-electron chi connectivity index (χ1n) is 8.60. The number of aryl methyl sites for hydroxylation is 1. The number of hydrogen-bond acceptors (Lipinski definition) is 3. The van der Waals surface area contributed by atoms with Crippen LogP contribution in [-0.2, 0) is 4.79 Å². The van der Waals surface area contributed by atoms with Crippen LogP contribution < -0.4 is 11.1 Å². The zero-order valence-corrected chi connectivity index (χ0v) is 15.2. The summed E-state index contributed by atoms with van der Waals surface area (Å²) < 4.78 is 0. The van der Waals surface area contributed by atoms with E-state index in [9.17, 15) is 4.79 Å². The number of halogens is 1. The van der Waals surface area contributed by atoms with Crippen molar-refractivity contribution in [1.29, 1.82) is 0 Å². The van der Waals surface area contributed by atoms with Crippen molar-refractivity contribution in [3.63, 3.8) is 0 Å². The first-order valence-corrected chi connectivity index (χ1v) is 8.98. The maximum atomic E-state index is 12.4. The van der Waals surface area contributed by atoms with E-state index in [4.69, 9.17) is 17.3 Å². The molecule has 0 spiro atoms. The van der Waals surface area contributed by atoms with Crippen molar-refractivity contribution >= 4 is 23.2 Å². The molecule has 3 N–H and O–H groups in total. The summed E-state index contributed by atoms with van der Waals surface area (Å²) in [7, 11) is 0. The summed E-state index contributed by atoms with van der Waals surface area (Å²) in [6.45, 7) is 4.66. The highest BCUT2D eigenvalue weighted by atomic mass is 35.5. The Bertz CT molecular complexity index is 735. The molecule has 1 aliphatic rings. The minimum absolute atomic E-state index is 0.00472. The molecule has 0 saturated carbocycles. The summed E-state index contributed by atoms with van der Waals surface area (Å²) in [5.41, 5.74) is 9.04. The van der Waals surface area contributed by atoms with Crippen LogP contribution in [0.2, 0.25) is 5.02 Å². The molecule has 4 nitrogen and oxygen atoms in total. The molecular formula is C20H24ClN3O. The molecule has 2 aromatic carbocycles. The van der Waals surface area contributed by atoms with Gasteiger partial charge in [-0.25, -0.2) is 0 Å². The van der Waals surface area contributed by atoms with Gasteiger partial charge in [-0.3, -0.25) is 9.69 Å². The standard InChI is InChI=1S/C20H24ClN3O/c1-14-9-17(21)7-8-19(14)23-20(25)13-24-11-16(10-22)18(12-24)15-5-3-2-4-6-15/h2-9,16,18H,10-13,22H2,1H3,(H,23,25)/t16-,18+/m1/s1. The molecule has 1 heterocycles. The van der Waals surface area contributed by atoms with Gasteiger partial charge < -0.3 is 11.1 Å². The van der Waals surface area contributed by atoms with Crippen molar-refractivity contribution in [1.82, 2.24) is 4.90 Å². The predicted molar refractivity (Wildman–Crippen MR) is 103 cm³/mol. The Morgan fingerprint density at radius 1 is 1.24 bits per heavy atom. The maximum absolute atomic E-state index is 12.4. The van der Waals surface area contributed by atoms with Gasteiger partial charge in [0.2, 0.25) is 5.91 Å².